The summed E-state index contributed by atoms with van der Waals surface area (Å²) in [5, 5.41) is 10.8. The molecule has 96 valence electrons. The maximum absolute atomic E-state index is 11.2. The third kappa shape index (κ3) is 2.58. The molecule has 0 spiro atoms. The van der Waals surface area contributed by atoms with Crippen molar-refractivity contribution in [1.82, 2.24) is 14.9 Å². The Morgan fingerprint density at radius 3 is 2.89 bits per heavy atom. The molecule has 0 aliphatic carbocycles. The third-order valence-corrected chi connectivity index (χ3v) is 2.74. The lowest BCUT2D eigenvalue weighted by Crippen LogP contribution is -2.08. The van der Waals surface area contributed by atoms with Gasteiger partial charge in [0.1, 0.15) is 5.76 Å². The molecule has 2 heterocycles. The summed E-state index contributed by atoms with van der Waals surface area (Å²) in [6.07, 6.45) is 3.88. The number of amides is 1. The Morgan fingerprint density at radius 2 is 2.28 bits per heavy atom. The molecule has 0 unspecified atom stereocenters. The number of aryl methyl sites for hydroxylation is 2. The lowest BCUT2D eigenvalue weighted by molar-refractivity contribution is -0.115. The predicted molar refractivity (Wildman–Crippen MR) is 66.2 cm³/mol. The highest BCUT2D eigenvalue weighted by atomic mass is 16.5. The first kappa shape index (κ1) is 12.3. The SMILES string of the molecule is CCC(=O)Nc1cnn(Cc2c(C)noc2C)c1. The highest BCUT2D eigenvalue weighted by Gasteiger charge is 2.10. The Morgan fingerprint density at radius 1 is 1.50 bits per heavy atom. The minimum Gasteiger partial charge on any atom is -0.361 e. The van der Waals surface area contributed by atoms with Crippen LogP contribution in [0.1, 0.15) is 30.4 Å². The fraction of sp³-hybridized carbons (Fsp3) is 0.417. The van der Waals surface area contributed by atoms with Gasteiger partial charge in [0.05, 0.1) is 24.1 Å². The number of hydrogen-bond acceptors (Lipinski definition) is 4. The van der Waals surface area contributed by atoms with E-state index in [1.807, 2.05) is 20.8 Å². The number of aromatic nitrogens is 3. The van der Waals surface area contributed by atoms with Gasteiger partial charge in [-0.1, -0.05) is 12.1 Å². The Kier molecular flexibility index (Phi) is 3.45. The van der Waals surface area contributed by atoms with Crippen LogP contribution in [-0.4, -0.2) is 20.8 Å². The van der Waals surface area contributed by atoms with Crippen molar-refractivity contribution in [2.75, 3.05) is 5.32 Å². The van der Waals surface area contributed by atoms with Crippen LogP contribution in [0.2, 0.25) is 0 Å². The van der Waals surface area contributed by atoms with Crippen LogP contribution in [0.3, 0.4) is 0 Å². The van der Waals surface area contributed by atoms with Crippen LogP contribution in [0, 0.1) is 13.8 Å². The van der Waals surface area contributed by atoms with Crippen LogP contribution >= 0.6 is 0 Å². The van der Waals surface area contributed by atoms with Crippen molar-refractivity contribution in [3.05, 3.63) is 29.4 Å². The van der Waals surface area contributed by atoms with Gasteiger partial charge in [0.2, 0.25) is 5.91 Å². The van der Waals surface area contributed by atoms with Crippen molar-refractivity contribution in [3.8, 4) is 0 Å². The first-order valence-electron chi connectivity index (χ1n) is 5.84. The first-order chi connectivity index (χ1) is 8.60. The molecule has 6 heteroatoms. The molecule has 2 aromatic heterocycles. The molecular formula is C12H16N4O2. The minimum absolute atomic E-state index is 0.0214. The zero-order chi connectivity index (χ0) is 13.1. The normalized spacial score (nSPS) is 10.6. The van der Waals surface area contributed by atoms with Crippen LogP contribution in [0.4, 0.5) is 5.69 Å². The van der Waals surface area contributed by atoms with Crippen LogP contribution in [0.25, 0.3) is 0 Å². The maximum atomic E-state index is 11.2. The van der Waals surface area contributed by atoms with Crippen molar-refractivity contribution in [2.24, 2.45) is 0 Å². The molecule has 0 aliphatic rings. The lowest BCUT2D eigenvalue weighted by atomic mass is 10.2. The van der Waals surface area contributed by atoms with Crippen LogP contribution in [0.15, 0.2) is 16.9 Å². The van der Waals surface area contributed by atoms with E-state index in [9.17, 15) is 4.79 Å². The summed E-state index contributed by atoms with van der Waals surface area (Å²) in [6, 6.07) is 0. The molecule has 2 aromatic rings. The average Bonchev–Trinajstić information content (AvgIpc) is 2.91. The number of carbonyl (C=O) groups is 1. The summed E-state index contributed by atoms with van der Waals surface area (Å²) in [7, 11) is 0. The van der Waals surface area contributed by atoms with Crippen molar-refractivity contribution in [2.45, 2.75) is 33.7 Å². The van der Waals surface area contributed by atoms with Crippen LogP contribution in [-0.2, 0) is 11.3 Å². The van der Waals surface area contributed by atoms with Gasteiger partial charge in [-0.25, -0.2) is 0 Å². The molecule has 0 aromatic carbocycles. The minimum atomic E-state index is -0.0214. The molecule has 6 nitrogen and oxygen atoms in total. The summed E-state index contributed by atoms with van der Waals surface area (Å²) in [6.45, 7) is 6.17. The van der Waals surface area contributed by atoms with E-state index in [2.05, 4.69) is 15.6 Å². The van der Waals surface area contributed by atoms with Gasteiger partial charge in [0.25, 0.3) is 0 Å². The van der Waals surface area contributed by atoms with Crippen molar-refractivity contribution in [1.29, 1.82) is 0 Å². The molecule has 0 saturated heterocycles. The lowest BCUT2D eigenvalue weighted by Gasteiger charge is -2.00. The molecule has 0 radical (unpaired) electrons. The van der Waals surface area contributed by atoms with E-state index in [0.717, 1.165) is 17.0 Å². The van der Waals surface area contributed by atoms with Gasteiger partial charge in [-0.2, -0.15) is 5.10 Å². The van der Waals surface area contributed by atoms with Crippen molar-refractivity contribution >= 4 is 11.6 Å². The topological polar surface area (TPSA) is 73.0 Å². The summed E-state index contributed by atoms with van der Waals surface area (Å²) in [5.41, 5.74) is 2.59. The fourth-order valence-corrected chi connectivity index (χ4v) is 1.65. The third-order valence-electron chi connectivity index (χ3n) is 2.74. The molecule has 18 heavy (non-hydrogen) atoms. The Hall–Kier alpha value is -2.11. The summed E-state index contributed by atoms with van der Waals surface area (Å²) in [5.74, 6) is 0.772. The molecular weight excluding hydrogens is 232 g/mol. The number of anilines is 1. The van der Waals surface area contributed by atoms with Crippen LogP contribution < -0.4 is 5.32 Å². The van der Waals surface area contributed by atoms with E-state index in [0.29, 0.717) is 18.7 Å². The van der Waals surface area contributed by atoms with E-state index < -0.39 is 0 Å². The zero-order valence-electron chi connectivity index (χ0n) is 10.7. The Bertz CT molecular complexity index is 537. The van der Waals surface area contributed by atoms with Gasteiger partial charge in [0, 0.05) is 18.2 Å². The maximum Gasteiger partial charge on any atom is 0.224 e. The standard InChI is InChI=1S/C12H16N4O2/c1-4-12(17)14-10-5-13-16(6-10)7-11-8(2)15-18-9(11)3/h5-6H,4,7H2,1-3H3,(H,14,17). The highest BCUT2D eigenvalue weighted by molar-refractivity contribution is 5.90. The highest BCUT2D eigenvalue weighted by Crippen LogP contribution is 2.14. The first-order valence-corrected chi connectivity index (χ1v) is 5.84. The molecule has 0 saturated carbocycles. The molecule has 1 N–H and O–H groups in total. The molecule has 0 fully saturated rings. The van der Waals surface area contributed by atoms with E-state index >= 15 is 0 Å². The summed E-state index contributed by atoms with van der Waals surface area (Å²) >= 11 is 0. The molecule has 0 bridgehead atoms. The van der Waals surface area contributed by atoms with Gasteiger partial charge < -0.3 is 9.84 Å². The quantitative estimate of drug-likeness (QED) is 0.896. The Balaban J connectivity index is 2.09. The van der Waals surface area contributed by atoms with Gasteiger partial charge in [0.15, 0.2) is 0 Å². The predicted octanol–water partition coefficient (Wildman–Crippen LogP) is 1.88. The van der Waals surface area contributed by atoms with E-state index in [4.69, 9.17) is 4.52 Å². The van der Waals surface area contributed by atoms with Gasteiger partial charge in [-0.15, -0.1) is 0 Å². The number of hydrogen-bond donors (Lipinski definition) is 1. The van der Waals surface area contributed by atoms with Gasteiger partial charge in [-0.05, 0) is 13.8 Å². The molecule has 0 atom stereocenters. The summed E-state index contributed by atoms with van der Waals surface area (Å²) < 4.78 is 6.84. The molecule has 0 aliphatic heterocycles. The van der Waals surface area contributed by atoms with E-state index in [1.54, 1.807) is 17.1 Å². The average molecular weight is 248 g/mol. The van der Waals surface area contributed by atoms with Gasteiger partial charge >= 0.3 is 0 Å². The van der Waals surface area contributed by atoms with Crippen LogP contribution in [0.5, 0.6) is 0 Å². The second kappa shape index (κ2) is 5.03. The molecule has 2 rings (SSSR count). The largest absolute Gasteiger partial charge is 0.361 e. The monoisotopic (exact) mass is 248 g/mol. The number of nitrogens with one attached hydrogen (secondary N) is 1. The number of carbonyl (C=O) groups excluding carboxylic acids is 1. The second-order valence-electron chi connectivity index (χ2n) is 4.13. The fourth-order valence-electron chi connectivity index (χ4n) is 1.65. The van der Waals surface area contributed by atoms with E-state index in [-0.39, 0.29) is 5.91 Å². The van der Waals surface area contributed by atoms with Crippen molar-refractivity contribution < 1.29 is 9.32 Å². The van der Waals surface area contributed by atoms with E-state index in [1.165, 1.54) is 0 Å². The summed E-state index contributed by atoms with van der Waals surface area (Å²) in [4.78, 5) is 11.2. The molecule has 1 amide bonds. The number of nitrogens with zero attached hydrogens (tertiary/aromatic N) is 3. The Labute approximate surface area is 105 Å². The van der Waals surface area contributed by atoms with Gasteiger partial charge in [-0.3, -0.25) is 9.48 Å². The van der Waals surface area contributed by atoms with Crippen molar-refractivity contribution in [3.63, 3.8) is 0 Å². The zero-order valence-corrected chi connectivity index (χ0v) is 10.7. The number of rotatable bonds is 4. The second-order valence-corrected chi connectivity index (χ2v) is 4.13. The smallest absolute Gasteiger partial charge is 0.224 e.